The Morgan fingerprint density at radius 3 is 2.41 bits per heavy atom. The summed E-state index contributed by atoms with van der Waals surface area (Å²) in [6, 6.07) is 0. The van der Waals surface area contributed by atoms with Crippen LogP contribution in [0.4, 0.5) is 10.6 Å². The first-order valence-electron chi connectivity index (χ1n) is 5.23. The fourth-order valence-electron chi connectivity index (χ4n) is 1.26. The van der Waals surface area contributed by atoms with Gasteiger partial charge in [-0.2, -0.15) is 0 Å². The first-order valence-corrected chi connectivity index (χ1v) is 5.23. The number of carbonyl (C=O) groups is 2. The summed E-state index contributed by atoms with van der Waals surface area (Å²) in [4.78, 5) is 26.6. The normalized spacial score (nSPS) is 11.1. The van der Waals surface area contributed by atoms with Gasteiger partial charge in [0, 0.05) is 20.2 Å². The van der Waals surface area contributed by atoms with Crippen molar-refractivity contribution in [3.05, 3.63) is 12.0 Å². The van der Waals surface area contributed by atoms with Crippen LogP contribution in [0, 0.1) is 0 Å². The molecule has 1 N–H and O–H groups in total. The number of nitrogens with zero attached hydrogens (tertiary/aromatic N) is 2. The molecule has 0 aliphatic carbocycles. The second-order valence-corrected chi connectivity index (χ2v) is 4.74. The van der Waals surface area contributed by atoms with Gasteiger partial charge in [-0.1, -0.05) is 0 Å². The molecule has 0 fully saturated rings. The maximum atomic E-state index is 11.5. The molecule has 1 heterocycles. The fraction of sp³-hybridized carbons (Fsp3) is 0.545. The van der Waals surface area contributed by atoms with Crippen molar-refractivity contribution in [2.75, 3.05) is 5.32 Å². The molecule has 0 aromatic carbocycles. The van der Waals surface area contributed by atoms with Crippen LogP contribution in [-0.2, 0) is 11.8 Å². The van der Waals surface area contributed by atoms with E-state index in [1.807, 2.05) is 0 Å². The lowest BCUT2D eigenvalue weighted by Gasteiger charge is -2.18. The Kier molecular flexibility index (Phi) is 3.55. The van der Waals surface area contributed by atoms with Gasteiger partial charge < -0.3 is 9.30 Å². The van der Waals surface area contributed by atoms with E-state index in [2.05, 4.69) is 10.3 Å². The molecule has 0 spiro atoms. The lowest BCUT2D eigenvalue weighted by molar-refractivity contribution is 0.0635. The van der Waals surface area contributed by atoms with Crippen molar-refractivity contribution in [2.45, 2.75) is 33.3 Å². The zero-order chi connectivity index (χ0) is 13.2. The molecule has 1 aromatic heterocycles. The number of carbonyl (C=O) groups excluding carboxylic acids is 2. The number of nitrogens with one attached hydrogen (secondary N) is 1. The summed E-state index contributed by atoms with van der Waals surface area (Å²) in [6.07, 6.45) is 0.964. The minimum absolute atomic E-state index is 0.162. The number of aromatic nitrogens is 2. The van der Waals surface area contributed by atoms with Gasteiger partial charge in [-0.3, -0.25) is 10.1 Å². The topological polar surface area (TPSA) is 73.2 Å². The summed E-state index contributed by atoms with van der Waals surface area (Å²) < 4.78 is 6.62. The fourth-order valence-corrected chi connectivity index (χ4v) is 1.26. The van der Waals surface area contributed by atoms with Crippen molar-refractivity contribution in [3.8, 4) is 0 Å². The van der Waals surface area contributed by atoms with Crippen LogP contribution in [0.15, 0.2) is 6.20 Å². The molecule has 17 heavy (non-hydrogen) atoms. The van der Waals surface area contributed by atoms with Crippen molar-refractivity contribution in [3.63, 3.8) is 0 Å². The van der Waals surface area contributed by atoms with Crippen LogP contribution in [0.5, 0.6) is 0 Å². The zero-order valence-corrected chi connectivity index (χ0v) is 10.7. The Morgan fingerprint density at radius 1 is 1.41 bits per heavy atom. The summed E-state index contributed by atoms with van der Waals surface area (Å²) in [5.74, 6) is 0.424. The number of hydrogen-bond acceptors (Lipinski definition) is 4. The third-order valence-electron chi connectivity index (χ3n) is 1.82. The predicted molar refractivity (Wildman–Crippen MR) is 63.1 cm³/mol. The van der Waals surface area contributed by atoms with Crippen LogP contribution >= 0.6 is 0 Å². The number of aryl methyl sites for hydroxylation is 1. The van der Waals surface area contributed by atoms with Crippen LogP contribution < -0.4 is 5.32 Å². The third kappa shape index (κ3) is 3.90. The molecule has 94 valence electrons. The van der Waals surface area contributed by atoms with Crippen LogP contribution in [0.2, 0.25) is 0 Å². The molecule has 0 bridgehead atoms. The highest BCUT2D eigenvalue weighted by atomic mass is 16.6. The van der Waals surface area contributed by atoms with Gasteiger partial charge in [-0.05, 0) is 20.8 Å². The molecule has 0 saturated heterocycles. The van der Waals surface area contributed by atoms with E-state index in [9.17, 15) is 9.59 Å². The van der Waals surface area contributed by atoms with Gasteiger partial charge in [0.05, 0.1) is 0 Å². The average molecular weight is 239 g/mol. The van der Waals surface area contributed by atoms with Crippen LogP contribution in [0.3, 0.4) is 0 Å². The van der Waals surface area contributed by atoms with Gasteiger partial charge in [0.15, 0.2) is 17.4 Å². The van der Waals surface area contributed by atoms with Crippen molar-refractivity contribution < 1.29 is 14.3 Å². The Hall–Kier alpha value is -1.85. The Labute approximate surface area is 100.0 Å². The van der Waals surface area contributed by atoms with Gasteiger partial charge in [0.25, 0.3) is 0 Å². The molecule has 1 aromatic rings. The second kappa shape index (κ2) is 4.57. The van der Waals surface area contributed by atoms with Gasteiger partial charge in [0.2, 0.25) is 0 Å². The van der Waals surface area contributed by atoms with E-state index in [4.69, 9.17) is 4.74 Å². The molecule has 1 amide bonds. The summed E-state index contributed by atoms with van der Waals surface area (Å²) in [5, 5.41) is 2.47. The smallest absolute Gasteiger partial charge is 0.413 e. The van der Waals surface area contributed by atoms with Crippen molar-refractivity contribution in [1.82, 2.24) is 9.55 Å². The van der Waals surface area contributed by atoms with Crippen LogP contribution in [0.1, 0.15) is 38.3 Å². The number of hydrogen-bond donors (Lipinski definition) is 1. The minimum atomic E-state index is -0.592. The largest absolute Gasteiger partial charge is 0.444 e. The predicted octanol–water partition coefficient (Wildman–Crippen LogP) is 1.97. The molecule has 0 saturated carbocycles. The van der Waals surface area contributed by atoms with E-state index in [1.54, 1.807) is 38.6 Å². The molecule has 0 aliphatic rings. The van der Waals surface area contributed by atoms with Gasteiger partial charge >= 0.3 is 6.09 Å². The summed E-state index contributed by atoms with van der Waals surface area (Å²) in [7, 11) is 1.68. The second-order valence-electron chi connectivity index (χ2n) is 4.74. The van der Waals surface area contributed by atoms with E-state index >= 15 is 0 Å². The average Bonchev–Trinajstić information content (AvgIpc) is 2.42. The minimum Gasteiger partial charge on any atom is -0.444 e. The number of ether oxygens (including phenoxy) is 1. The lowest BCUT2D eigenvalue weighted by Crippen LogP contribution is -2.27. The van der Waals surface area contributed by atoms with E-state index in [-0.39, 0.29) is 11.6 Å². The molecule has 0 unspecified atom stereocenters. The highest BCUT2D eigenvalue weighted by Crippen LogP contribution is 2.11. The number of ketones is 1. The summed E-state index contributed by atoms with van der Waals surface area (Å²) in [6.45, 7) is 6.73. The Morgan fingerprint density at radius 2 is 2.00 bits per heavy atom. The number of amides is 1. The quantitative estimate of drug-likeness (QED) is 0.801. The molecule has 6 heteroatoms. The number of rotatable bonds is 2. The molecule has 6 nitrogen and oxygen atoms in total. The Balaban J connectivity index is 2.73. The van der Waals surface area contributed by atoms with E-state index < -0.39 is 11.7 Å². The van der Waals surface area contributed by atoms with E-state index in [1.165, 1.54) is 6.92 Å². The molecular weight excluding hydrogens is 222 g/mol. The summed E-state index contributed by atoms with van der Waals surface area (Å²) >= 11 is 0. The number of Topliss-reactive ketones (excluding diaryl/α,β-unsaturated/α-hetero) is 1. The standard InChI is InChI=1S/C11H17N3O3/c1-7(15)9-12-8(6-14(9)5)13-10(16)17-11(2,3)4/h6H,1-5H3,(H,13,16). The van der Waals surface area contributed by atoms with E-state index in [0.717, 1.165) is 0 Å². The Bertz CT molecular complexity index is 443. The van der Waals surface area contributed by atoms with Crippen LogP contribution in [-0.4, -0.2) is 27.0 Å². The number of imidazole rings is 1. The van der Waals surface area contributed by atoms with Gasteiger partial charge in [-0.15, -0.1) is 0 Å². The van der Waals surface area contributed by atoms with Crippen molar-refractivity contribution in [1.29, 1.82) is 0 Å². The van der Waals surface area contributed by atoms with Gasteiger partial charge in [-0.25, -0.2) is 9.78 Å². The van der Waals surface area contributed by atoms with Gasteiger partial charge in [0.1, 0.15) is 5.60 Å². The first-order chi connectivity index (χ1) is 7.69. The van der Waals surface area contributed by atoms with Crippen molar-refractivity contribution in [2.24, 2.45) is 7.05 Å². The zero-order valence-electron chi connectivity index (χ0n) is 10.7. The van der Waals surface area contributed by atoms with Crippen molar-refractivity contribution >= 4 is 17.7 Å². The highest BCUT2D eigenvalue weighted by Gasteiger charge is 2.18. The molecule has 1 rings (SSSR count). The molecular formula is C11H17N3O3. The lowest BCUT2D eigenvalue weighted by atomic mass is 10.2. The number of anilines is 1. The molecule has 0 radical (unpaired) electrons. The third-order valence-corrected chi connectivity index (χ3v) is 1.82. The first kappa shape index (κ1) is 13.2. The molecule has 0 aliphatic heterocycles. The monoisotopic (exact) mass is 239 g/mol. The van der Waals surface area contributed by atoms with E-state index in [0.29, 0.717) is 5.82 Å². The molecule has 0 atom stereocenters. The summed E-state index contributed by atoms with van der Waals surface area (Å²) in [5.41, 5.74) is -0.567. The maximum Gasteiger partial charge on any atom is 0.413 e. The highest BCUT2D eigenvalue weighted by molar-refractivity contribution is 5.92. The SMILES string of the molecule is CC(=O)c1nc(NC(=O)OC(C)(C)C)cn1C. The maximum absolute atomic E-state index is 11.5. The van der Waals surface area contributed by atoms with Crippen LogP contribution in [0.25, 0.3) is 0 Å².